The highest BCUT2D eigenvalue weighted by atomic mass is 79.9. The average molecular weight is 413 g/mol. The number of piperidine rings is 1. The van der Waals surface area contributed by atoms with Crippen LogP contribution in [0.3, 0.4) is 0 Å². The van der Waals surface area contributed by atoms with Crippen LogP contribution >= 0.6 is 27.5 Å². The molecule has 1 aliphatic rings. The summed E-state index contributed by atoms with van der Waals surface area (Å²) in [6.45, 7) is 4.65. The maximum atomic E-state index is 11.2. The molecule has 128 valence electrons. The quantitative estimate of drug-likeness (QED) is 0.618. The minimum absolute atomic E-state index is 0.372. The Bertz CT molecular complexity index is 722. The first-order valence-corrected chi connectivity index (χ1v) is 9.03. The Morgan fingerprint density at radius 3 is 2.88 bits per heavy atom. The molecule has 24 heavy (non-hydrogen) atoms. The lowest BCUT2D eigenvalue weighted by Gasteiger charge is -2.32. The Hall–Kier alpha value is -1.44. The molecule has 2 aromatic heterocycles. The van der Waals surface area contributed by atoms with E-state index in [-0.39, 0.29) is 0 Å². The van der Waals surface area contributed by atoms with Crippen LogP contribution < -0.4 is 10.0 Å². The number of anilines is 1. The van der Waals surface area contributed by atoms with Crippen molar-refractivity contribution in [3.8, 4) is 0 Å². The van der Waals surface area contributed by atoms with Gasteiger partial charge in [-0.25, -0.2) is 9.97 Å². The molecule has 0 spiro atoms. The van der Waals surface area contributed by atoms with Crippen LogP contribution in [-0.4, -0.2) is 34.0 Å². The van der Waals surface area contributed by atoms with Crippen LogP contribution in [0.2, 0.25) is 5.02 Å². The Kier molecular flexibility index (Phi) is 5.53. The summed E-state index contributed by atoms with van der Waals surface area (Å²) in [4.78, 5) is 11.1. The van der Waals surface area contributed by atoms with Gasteiger partial charge in [-0.3, -0.25) is 4.90 Å². The molecule has 0 atom stereocenters. The van der Waals surface area contributed by atoms with Crippen LogP contribution in [0.1, 0.15) is 24.1 Å². The van der Waals surface area contributed by atoms with Gasteiger partial charge in [0.15, 0.2) is 12.4 Å². The lowest BCUT2D eigenvalue weighted by atomic mass is 10.0. The van der Waals surface area contributed by atoms with Gasteiger partial charge in [-0.2, -0.15) is 4.73 Å². The Balaban J connectivity index is 1.52. The zero-order chi connectivity index (χ0) is 17.1. The minimum atomic E-state index is 0.372. The van der Waals surface area contributed by atoms with Gasteiger partial charge in [0.25, 0.3) is 0 Å². The fourth-order valence-electron chi connectivity index (χ4n) is 2.79. The van der Waals surface area contributed by atoms with Gasteiger partial charge in [0, 0.05) is 37.9 Å². The first-order chi connectivity index (χ1) is 11.5. The van der Waals surface area contributed by atoms with Crippen molar-refractivity contribution < 1.29 is 4.73 Å². The van der Waals surface area contributed by atoms with Crippen molar-refractivity contribution in [2.75, 3.05) is 18.4 Å². The molecule has 0 bridgehead atoms. The topological polar surface area (TPSA) is 68.0 Å². The predicted molar refractivity (Wildman–Crippen MR) is 96.8 cm³/mol. The van der Waals surface area contributed by atoms with Gasteiger partial charge in [0.05, 0.1) is 10.2 Å². The minimum Gasteiger partial charge on any atom is -0.619 e. The SMILES string of the molecule is Cc1nc(NC2CCN(Cc3cc[n+]([O-])cc3Cl)CC2)ncc1Br. The molecule has 0 radical (unpaired) electrons. The fourth-order valence-corrected chi connectivity index (χ4v) is 3.20. The molecule has 8 heteroatoms. The summed E-state index contributed by atoms with van der Waals surface area (Å²) in [5, 5.41) is 15.1. The number of nitrogens with one attached hydrogen (secondary N) is 1. The second-order valence-electron chi connectivity index (χ2n) is 6.00. The zero-order valence-electron chi connectivity index (χ0n) is 13.4. The number of aryl methyl sites for hydroxylation is 1. The van der Waals surface area contributed by atoms with Crippen LogP contribution in [0.15, 0.2) is 29.1 Å². The number of pyridine rings is 1. The molecule has 6 nitrogen and oxygen atoms in total. The molecule has 3 rings (SSSR count). The molecule has 0 aliphatic carbocycles. The van der Waals surface area contributed by atoms with Crippen molar-refractivity contribution in [3.63, 3.8) is 0 Å². The summed E-state index contributed by atoms with van der Waals surface area (Å²) in [6.07, 6.45) is 6.70. The summed E-state index contributed by atoms with van der Waals surface area (Å²) in [6, 6.07) is 2.16. The first kappa shape index (κ1) is 17.4. The summed E-state index contributed by atoms with van der Waals surface area (Å²) in [5.41, 5.74) is 1.92. The molecular formula is C16H19BrClN5O. The fraction of sp³-hybridized carbons (Fsp3) is 0.438. The number of likely N-dealkylation sites (tertiary alicyclic amines) is 1. The van der Waals surface area contributed by atoms with Crippen molar-refractivity contribution >= 4 is 33.5 Å². The van der Waals surface area contributed by atoms with Crippen molar-refractivity contribution in [2.45, 2.75) is 32.4 Å². The number of halogens is 2. The van der Waals surface area contributed by atoms with Gasteiger partial charge in [-0.05, 0) is 41.3 Å². The van der Waals surface area contributed by atoms with Gasteiger partial charge >= 0.3 is 0 Å². The molecule has 0 aromatic carbocycles. The van der Waals surface area contributed by atoms with Crippen molar-refractivity contribution in [1.29, 1.82) is 0 Å². The van der Waals surface area contributed by atoms with Crippen molar-refractivity contribution in [2.24, 2.45) is 0 Å². The number of hydrogen-bond acceptors (Lipinski definition) is 5. The molecule has 1 saturated heterocycles. The average Bonchev–Trinajstić information content (AvgIpc) is 2.55. The predicted octanol–water partition coefficient (Wildman–Crippen LogP) is 2.91. The van der Waals surface area contributed by atoms with E-state index in [1.807, 2.05) is 6.92 Å². The molecule has 1 N–H and O–H groups in total. The second kappa shape index (κ2) is 7.63. The maximum absolute atomic E-state index is 11.2. The zero-order valence-corrected chi connectivity index (χ0v) is 15.7. The second-order valence-corrected chi connectivity index (χ2v) is 7.26. The molecule has 1 fully saturated rings. The normalized spacial score (nSPS) is 16.3. The van der Waals surface area contributed by atoms with E-state index in [1.165, 1.54) is 12.4 Å². The number of rotatable bonds is 4. The highest BCUT2D eigenvalue weighted by Crippen LogP contribution is 2.20. The van der Waals surface area contributed by atoms with E-state index >= 15 is 0 Å². The number of hydrogen-bond donors (Lipinski definition) is 1. The summed E-state index contributed by atoms with van der Waals surface area (Å²) >= 11 is 9.55. The van der Waals surface area contributed by atoms with E-state index in [9.17, 15) is 5.21 Å². The van der Waals surface area contributed by atoms with Gasteiger partial charge in [-0.15, -0.1) is 0 Å². The van der Waals surface area contributed by atoms with E-state index in [0.717, 1.165) is 52.9 Å². The molecule has 3 heterocycles. The van der Waals surface area contributed by atoms with Crippen LogP contribution in [0.25, 0.3) is 0 Å². The lowest BCUT2D eigenvalue weighted by molar-refractivity contribution is -0.605. The van der Waals surface area contributed by atoms with Gasteiger partial charge in [-0.1, -0.05) is 11.6 Å². The van der Waals surface area contributed by atoms with Gasteiger partial charge in [0.1, 0.15) is 5.02 Å². The smallest absolute Gasteiger partial charge is 0.223 e. The third-order valence-corrected chi connectivity index (χ3v) is 5.32. The molecule has 0 saturated carbocycles. The van der Waals surface area contributed by atoms with Crippen LogP contribution in [0.5, 0.6) is 0 Å². The summed E-state index contributed by atoms with van der Waals surface area (Å²) in [5.74, 6) is 0.681. The Labute approximate surface area is 154 Å². The van der Waals surface area contributed by atoms with Crippen molar-refractivity contribution in [3.05, 3.63) is 50.6 Å². The molecule has 0 amide bonds. The van der Waals surface area contributed by atoms with E-state index in [0.29, 0.717) is 17.0 Å². The lowest BCUT2D eigenvalue weighted by Crippen LogP contribution is -2.39. The molecule has 0 unspecified atom stereocenters. The van der Waals surface area contributed by atoms with Gasteiger partial charge in [0.2, 0.25) is 5.95 Å². The number of aromatic nitrogens is 3. The Morgan fingerprint density at radius 2 is 2.21 bits per heavy atom. The van der Waals surface area contributed by atoms with E-state index in [4.69, 9.17) is 11.6 Å². The van der Waals surface area contributed by atoms with E-state index < -0.39 is 0 Å². The standard InChI is InChI=1S/C16H19BrClN5O/c1-11-14(17)8-19-16(20-11)21-13-3-5-22(6-4-13)9-12-2-7-23(24)10-15(12)18/h2,7-8,10,13H,3-6,9H2,1H3,(H,19,20,21). The first-order valence-electron chi connectivity index (χ1n) is 7.86. The number of nitrogens with zero attached hydrogens (tertiary/aromatic N) is 4. The monoisotopic (exact) mass is 411 g/mol. The van der Waals surface area contributed by atoms with Crippen molar-refractivity contribution in [1.82, 2.24) is 14.9 Å². The Morgan fingerprint density at radius 1 is 1.46 bits per heavy atom. The van der Waals surface area contributed by atoms with Crippen LogP contribution in [-0.2, 0) is 6.54 Å². The molecule has 1 aliphatic heterocycles. The highest BCUT2D eigenvalue weighted by molar-refractivity contribution is 9.10. The molecular weight excluding hydrogens is 394 g/mol. The third kappa shape index (κ3) is 4.34. The maximum Gasteiger partial charge on any atom is 0.223 e. The van der Waals surface area contributed by atoms with E-state index in [1.54, 1.807) is 12.3 Å². The summed E-state index contributed by atoms with van der Waals surface area (Å²) in [7, 11) is 0. The summed E-state index contributed by atoms with van der Waals surface area (Å²) < 4.78 is 1.64. The van der Waals surface area contributed by atoms with Gasteiger partial charge < -0.3 is 10.5 Å². The largest absolute Gasteiger partial charge is 0.619 e. The molecule has 2 aromatic rings. The van der Waals surface area contributed by atoms with Crippen LogP contribution in [0, 0.1) is 12.1 Å². The van der Waals surface area contributed by atoms with E-state index in [2.05, 4.69) is 36.1 Å². The third-order valence-electron chi connectivity index (χ3n) is 4.20. The highest BCUT2D eigenvalue weighted by Gasteiger charge is 2.21. The van der Waals surface area contributed by atoms with Crippen LogP contribution in [0.4, 0.5) is 5.95 Å².